The number of hydrogen-bond acceptors (Lipinski definition) is 6. The van der Waals surface area contributed by atoms with Gasteiger partial charge in [0, 0.05) is 5.92 Å². The second-order valence-electron chi connectivity index (χ2n) is 6.82. The summed E-state index contributed by atoms with van der Waals surface area (Å²) < 4.78 is 15.8. The molecule has 1 aromatic rings. The van der Waals surface area contributed by atoms with Gasteiger partial charge in [0.15, 0.2) is 6.61 Å². The van der Waals surface area contributed by atoms with Gasteiger partial charge in [0.25, 0.3) is 5.91 Å². The fourth-order valence-corrected chi connectivity index (χ4v) is 5.51. The lowest BCUT2D eigenvalue weighted by Gasteiger charge is -2.26. The van der Waals surface area contributed by atoms with Crippen molar-refractivity contribution < 1.29 is 28.6 Å². The fraction of sp³-hybridized carbons (Fsp3) is 0.500. The van der Waals surface area contributed by atoms with Gasteiger partial charge in [-0.2, -0.15) is 0 Å². The SMILES string of the molecule is COc1ccccc1NC(=O)COC(=O)[C@@H]1[C@H]2C[C@H]3[C@H](OC(=O)[C@@H]31)[C@H]2Br. The Bertz CT molecular complexity index is 768. The van der Waals surface area contributed by atoms with E-state index in [9.17, 15) is 14.4 Å². The lowest BCUT2D eigenvalue weighted by atomic mass is 9.80. The summed E-state index contributed by atoms with van der Waals surface area (Å²) >= 11 is 3.55. The molecule has 8 heteroatoms. The first-order chi connectivity index (χ1) is 12.5. The molecule has 1 N–H and O–H groups in total. The van der Waals surface area contributed by atoms with E-state index in [0.717, 1.165) is 6.42 Å². The molecule has 6 atom stereocenters. The molecule has 1 heterocycles. The molecule has 2 aliphatic carbocycles. The van der Waals surface area contributed by atoms with Gasteiger partial charge in [0.1, 0.15) is 11.9 Å². The molecule has 3 aliphatic rings. The maximum absolute atomic E-state index is 12.5. The van der Waals surface area contributed by atoms with Crippen LogP contribution < -0.4 is 10.1 Å². The second-order valence-corrected chi connectivity index (χ2v) is 7.87. The average molecular weight is 424 g/mol. The summed E-state index contributed by atoms with van der Waals surface area (Å²) in [7, 11) is 1.50. The minimum Gasteiger partial charge on any atom is -0.495 e. The molecule has 3 fully saturated rings. The maximum atomic E-state index is 12.5. The Hall–Kier alpha value is -2.09. The monoisotopic (exact) mass is 423 g/mol. The summed E-state index contributed by atoms with van der Waals surface area (Å²) in [5.74, 6) is -1.71. The van der Waals surface area contributed by atoms with E-state index >= 15 is 0 Å². The number of alkyl halides is 1. The van der Waals surface area contributed by atoms with Gasteiger partial charge in [-0.1, -0.05) is 28.1 Å². The van der Waals surface area contributed by atoms with Gasteiger partial charge in [-0.05, 0) is 24.5 Å². The quantitative estimate of drug-likeness (QED) is 0.572. The van der Waals surface area contributed by atoms with Gasteiger partial charge in [0.2, 0.25) is 0 Å². The molecular weight excluding hydrogens is 406 g/mol. The molecule has 1 aliphatic heterocycles. The van der Waals surface area contributed by atoms with Gasteiger partial charge in [-0.15, -0.1) is 0 Å². The number of para-hydroxylation sites is 2. The van der Waals surface area contributed by atoms with E-state index in [4.69, 9.17) is 14.2 Å². The molecule has 1 amide bonds. The van der Waals surface area contributed by atoms with Crippen molar-refractivity contribution >= 4 is 39.5 Å². The van der Waals surface area contributed by atoms with Crippen LogP contribution >= 0.6 is 15.9 Å². The van der Waals surface area contributed by atoms with Crippen molar-refractivity contribution in [3.8, 4) is 5.75 Å². The molecule has 7 nitrogen and oxygen atoms in total. The van der Waals surface area contributed by atoms with Crippen LogP contribution in [0.25, 0.3) is 0 Å². The van der Waals surface area contributed by atoms with Crippen LogP contribution in [0.1, 0.15) is 6.42 Å². The van der Waals surface area contributed by atoms with Gasteiger partial charge in [-0.3, -0.25) is 14.4 Å². The first kappa shape index (κ1) is 17.3. The van der Waals surface area contributed by atoms with Crippen LogP contribution in [0.2, 0.25) is 0 Å². The van der Waals surface area contributed by atoms with Crippen molar-refractivity contribution in [1.82, 2.24) is 0 Å². The minimum atomic E-state index is -0.547. The van der Waals surface area contributed by atoms with Crippen molar-refractivity contribution in [2.75, 3.05) is 19.0 Å². The summed E-state index contributed by atoms with van der Waals surface area (Å²) in [6.07, 6.45) is 0.625. The van der Waals surface area contributed by atoms with Crippen molar-refractivity contribution in [3.63, 3.8) is 0 Å². The number of esters is 2. The first-order valence-electron chi connectivity index (χ1n) is 8.45. The molecule has 4 rings (SSSR count). The highest BCUT2D eigenvalue weighted by Crippen LogP contribution is 2.60. The van der Waals surface area contributed by atoms with Crippen LogP contribution in [0.15, 0.2) is 24.3 Å². The third-order valence-corrected chi connectivity index (χ3v) is 6.72. The summed E-state index contributed by atoms with van der Waals surface area (Å²) in [4.78, 5) is 36.7. The van der Waals surface area contributed by atoms with E-state index in [1.807, 2.05) is 0 Å². The summed E-state index contributed by atoms with van der Waals surface area (Å²) in [6, 6.07) is 6.96. The number of nitrogens with one attached hydrogen (secondary N) is 1. The molecule has 2 bridgehead atoms. The Morgan fingerprint density at radius 3 is 2.85 bits per heavy atom. The second kappa shape index (κ2) is 6.57. The molecule has 2 saturated carbocycles. The van der Waals surface area contributed by atoms with E-state index < -0.39 is 30.3 Å². The topological polar surface area (TPSA) is 90.9 Å². The van der Waals surface area contributed by atoms with Crippen LogP contribution in [0.5, 0.6) is 5.75 Å². The van der Waals surface area contributed by atoms with Crippen molar-refractivity contribution in [3.05, 3.63) is 24.3 Å². The van der Waals surface area contributed by atoms with Gasteiger partial charge in [0.05, 0.1) is 29.5 Å². The summed E-state index contributed by atoms with van der Waals surface area (Å²) in [6.45, 7) is -0.414. The molecule has 0 aromatic heterocycles. The number of methoxy groups -OCH3 is 1. The summed E-state index contributed by atoms with van der Waals surface area (Å²) in [5.41, 5.74) is 0.499. The van der Waals surface area contributed by atoms with E-state index in [0.29, 0.717) is 11.4 Å². The van der Waals surface area contributed by atoms with Crippen LogP contribution in [0.4, 0.5) is 5.69 Å². The molecule has 26 heavy (non-hydrogen) atoms. The van der Waals surface area contributed by atoms with Crippen molar-refractivity contribution in [1.29, 1.82) is 0 Å². The minimum absolute atomic E-state index is 0.00577. The summed E-state index contributed by atoms with van der Waals surface area (Å²) in [5, 5.41) is 2.65. The number of fused-ring (bicyclic) bond motifs is 1. The number of amides is 1. The number of ether oxygens (including phenoxy) is 3. The molecule has 0 spiro atoms. The number of halogens is 1. The number of benzene rings is 1. The number of carbonyl (C=O) groups excluding carboxylic acids is 3. The first-order valence-corrected chi connectivity index (χ1v) is 9.37. The average Bonchev–Trinajstić information content (AvgIpc) is 3.24. The zero-order valence-electron chi connectivity index (χ0n) is 14.0. The number of carbonyl (C=O) groups is 3. The Balaban J connectivity index is 1.37. The van der Waals surface area contributed by atoms with Crippen LogP contribution in [-0.2, 0) is 23.9 Å². The highest BCUT2D eigenvalue weighted by molar-refractivity contribution is 9.09. The molecule has 1 aromatic carbocycles. The molecule has 0 radical (unpaired) electrons. The number of rotatable bonds is 5. The predicted octanol–water partition coefficient (Wildman–Crippen LogP) is 1.75. The third-order valence-electron chi connectivity index (χ3n) is 5.52. The van der Waals surface area contributed by atoms with Gasteiger partial charge in [-0.25, -0.2) is 0 Å². The zero-order chi connectivity index (χ0) is 18.4. The van der Waals surface area contributed by atoms with Gasteiger partial charge >= 0.3 is 11.9 Å². The van der Waals surface area contributed by atoms with E-state index in [-0.39, 0.29) is 28.7 Å². The highest BCUT2D eigenvalue weighted by atomic mass is 79.9. The highest BCUT2D eigenvalue weighted by Gasteiger charge is 2.68. The third kappa shape index (κ3) is 2.67. The van der Waals surface area contributed by atoms with E-state index in [2.05, 4.69) is 21.2 Å². The van der Waals surface area contributed by atoms with Crippen LogP contribution in [-0.4, -0.2) is 42.5 Å². The van der Waals surface area contributed by atoms with E-state index in [1.54, 1.807) is 24.3 Å². The fourth-order valence-electron chi connectivity index (χ4n) is 4.46. The van der Waals surface area contributed by atoms with Crippen LogP contribution in [0, 0.1) is 23.7 Å². The largest absolute Gasteiger partial charge is 0.495 e. The zero-order valence-corrected chi connectivity index (χ0v) is 15.6. The molecule has 1 saturated heterocycles. The van der Waals surface area contributed by atoms with Crippen LogP contribution in [0.3, 0.4) is 0 Å². The molecule has 0 unspecified atom stereocenters. The lowest BCUT2D eigenvalue weighted by molar-refractivity contribution is -0.157. The number of anilines is 1. The van der Waals surface area contributed by atoms with Crippen molar-refractivity contribution in [2.45, 2.75) is 17.4 Å². The Morgan fingerprint density at radius 1 is 1.31 bits per heavy atom. The Morgan fingerprint density at radius 2 is 2.08 bits per heavy atom. The smallest absolute Gasteiger partial charge is 0.310 e. The standard InChI is InChI=1S/C18H18BrNO6/c1-24-11-5-3-2-4-10(11)20-12(21)7-25-17(22)13-8-6-9-14(13)18(23)26-16(9)15(8)19/h2-5,8-9,13-16H,6-7H2,1H3,(H,20,21)/t8-,9-,13-,14+,15+,16+/m1/s1. The maximum Gasteiger partial charge on any atom is 0.310 e. The number of hydrogen-bond donors (Lipinski definition) is 1. The van der Waals surface area contributed by atoms with E-state index in [1.165, 1.54) is 7.11 Å². The normalized spacial score (nSPS) is 33.7. The van der Waals surface area contributed by atoms with Gasteiger partial charge < -0.3 is 19.5 Å². The molecular formula is C18H18BrNO6. The predicted molar refractivity (Wildman–Crippen MR) is 93.8 cm³/mol. The Kier molecular flexibility index (Phi) is 4.38. The van der Waals surface area contributed by atoms with Crippen molar-refractivity contribution in [2.24, 2.45) is 23.7 Å². The molecule has 138 valence electrons. The lowest BCUT2D eigenvalue weighted by Crippen LogP contribution is -2.39. The Labute approximate surface area is 158 Å².